The molecule has 0 aliphatic heterocycles. The minimum absolute atomic E-state index is 0. The molecule has 0 aliphatic carbocycles. The second-order valence-corrected chi connectivity index (χ2v) is 1.12. The first-order valence-electron chi connectivity index (χ1n) is 1.93. The van der Waals surface area contributed by atoms with Gasteiger partial charge in [-0.25, -0.2) is 4.79 Å². The van der Waals surface area contributed by atoms with Crippen LogP contribution in [0.3, 0.4) is 0 Å². The first-order chi connectivity index (χ1) is 3.39. The molecule has 0 unspecified atom stereocenters. The minimum atomic E-state index is -0.303. The summed E-state index contributed by atoms with van der Waals surface area (Å²) in [5.41, 5.74) is -0.303. The SMILES string of the molecule is N.O=c1cccco1. The summed E-state index contributed by atoms with van der Waals surface area (Å²) in [6, 6.07) is 4.65. The molecule has 0 radical (unpaired) electrons. The van der Waals surface area contributed by atoms with Crippen LogP contribution in [-0.2, 0) is 0 Å². The Hall–Kier alpha value is -1.09. The summed E-state index contributed by atoms with van der Waals surface area (Å²) < 4.78 is 4.37. The zero-order chi connectivity index (χ0) is 5.11. The largest absolute Gasteiger partial charge is 0.431 e. The summed E-state index contributed by atoms with van der Waals surface area (Å²) in [7, 11) is 0. The van der Waals surface area contributed by atoms with Crippen molar-refractivity contribution in [2.45, 2.75) is 0 Å². The molecule has 0 saturated heterocycles. The van der Waals surface area contributed by atoms with E-state index in [1.165, 1.54) is 12.3 Å². The maximum Gasteiger partial charge on any atom is 0.335 e. The zero-order valence-electron chi connectivity index (χ0n) is 4.33. The maximum atomic E-state index is 10.1. The van der Waals surface area contributed by atoms with Crippen molar-refractivity contribution in [3.63, 3.8) is 0 Å². The van der Waals surface area contributed by atoms with Crippen LogP contribution in [0.5, 0.6) is 0 Å². The molecule has 0 fully saturated rings. The Bertz CT molecular complexity index is 176. The van der Waals surface area contributed by atoms with Gasteiger partial charge in [-0.15, -0.1) is 0 Å². The summed E-state index contributed by atoms with van der Waals surface area (Å²) in [4.78, 5) is 10.1. The highest BCUT2D eigenvalue weighted by atomic mass is 16.4. The molecular weight excluding hydrogens is 106 g/mol. The molecule has 0 saturated carbocycles. The van der Waals surface area contributed by atoms with Crippen LogP contribution < -0.4 is 11.8 Å². The van der Waals surface area contributed by atoms with Gasteiger partial charge in [0.15, 0.2) is 0 Å². The van der Waals surface area contributed by atoms with Gasteiger partial charge in [0.05, 0.1) is 6.26 Å². The Morgan fingerprint density at radius 1 is 1.38 bits per heavy atom. The normalized spacial score (nSPS) is 7.50. The van der Waals surface area contributed by atoms with E-state index in [4.69, 9.17) is 0 Å². The highest BCUT2D eigenvalue weighted by Crippen LogP contribution is 1.72. The third-order valence-electron chi connectivity index (χ3n) is 0.606. The fourth-order valence-electron chi connectivity index (χ4n) is 0.325. The highest BCUT2D eigenvalue weighted by molar-refractivity contribution is 4.85. The molecule has 3 nitrogen and oxygen atoms in total. The van der Waals surface area contributed by atoms with Crippen molar-refractivity contribution in [2.24, 2.45) is 0 Å². The van der Waals surface area contributed by atoms with Gasteiger partial charge < -0.3 is 10.6 Å². The molecule has 44 valence electrons. The van der Waals surface area contributed by atoms with E-state index in [0.29, 0.717) is 0 Å². The van der Waals surface area contributed by atoms with Gasteiger partial charge in [0.25, 0.3) is 0 Å². The van der Waals surface area contributed by atoms with Gasteiger partial charge in [0.1, 0.15) is 0 Å². The Balaban J connectivity index is 0.000000490. The molecule has 0 aliphatic rings. The van der Waals surface area contributed by atoms with Crippen molar-refractivity contribution < 1.29 is 4.42 Å². The first kappa shape index (κ1) is 6.91. The Morgan fingerprint density at radius 3 is 2.38 bits per heavy atom. The third kappa shape index (κ3) is 1.57. The van der Waals surface area contributed by atoms with Gasteiger partial charge in [-0.3, -0.25) is 0 Å². The van der Waals surface area contributed by atoms with Crippen LogP contribution in [0.1, 0.15) is 0 Å². The van der Waals surface area contributed by atoms with E-state index < -0.39 is 0 Å². The van der Waals surface area contributed by atoms with E-state index in [1.54, 1.807) is 12.1 Å². The second kappa shape index (κ2) is 2.98. The average Bonchev–Trinajstić information content (AvgIpc) is 1.69. The predicted octanol–water partition coefficient (Wildman–Crippen LogP) is 0.802. The predicted molar refractivity (Wildman–Crippen MR) is 30.0 cm³/mol. The fraction of sp³-hybridized carbons (Fsp3) is 0. The lowest BCUT2D eigenvalue weighted by atomic mass is 10.5. The summed E-state index contributed by atoms with van der Waals surface area (Å²) in [6.45, 7) is 0. The summed E-state index contributed by atoms with van der Waals surface area (Å²) in [6.07, 6.45) is 1.35. The van der Waals surface area contributed by atoms with Gasteiger partial charge in [0, 0.05) is 6.07 Å². The van der Waals surface area contributed by atoms with Crippen LogP contribution in [0.25, 0.3) is 0 Å². The molecule has 8 heavy (non-hydrogen) atoms. The third-order valence-corrected chi connectivity index (χ3v) is 0.606. The zero-order valence-corrected chi connectivity index (χ0v) is 4.33. The minimum Gasteiger partial charge on any atom is -0.431 e. The van der Waals surface area contributed by atoms with Crippen molar-refractivity contribution in [2.75, 3.05) is 0 Å². The van der Waals surface area contributed by atoms with E-state index in [-0.39, 0.29) is 11.8 Å². The van der Waals surface area contributed by atoms with Gasteiger partial charge in [0.2, 0.25) is 0 Å². The van der Waals surface area contributed by atoms with E-state index in [0.717, 1.165) is 0 Å². The van der Waals surface area contributed by atoms with Gasteiger partial charge in [-0.05, 0) is 6.07 Å². The number of hydrogen-bond donors (Lipinski definition) is 1. The van der Waals surface area contributed by atoms with Gasteiger partial charge >= 0.3 is 5.63 Å². The van der Waals surface area contributed by atoms with Crippen molar-refractivity contribution in [1.82, 2.24) is 6.15 Å². The monoisotopic (exact) mass is 113 g/mol. The van der Waals surface area contributed by atoms with E-state index in [1.807, 2.05) is 0 Å². The lowest BCUT2D eigenvalue weighted by Gasteiger charge is -1.72. The van der Waals surface area contributed by atoms with Crippen LogP contribution in [0.2, 0.25) is 0 Å². The molecular formula is C5H7NO2. The van der Waals surface area contributed by atoms with Gasteiger partial charge in [-0.1, -0.05) is 6.07 Å². The summed E-state index contributed by atoms with van der Waals surface area (Å²) in [5, 5.41) is 0. The molecule has 3 heteroatoms. The molecule has 0 atom stereocenters. The van der Waals surface area contributed by atoms with E-state index >= 15 is 0 Å². The smallest absolute Gasteiger partial charge is 0.335 e. The maximum absolute atomic E-state index is 10.1. The Kier molecular flexibility index (Phi) is 2.58. The average molecular weight is 113 g/mol. The second-order valence-electron chi connectivity index (χ2n) is 1.12. The standard InChI is InChI=1S/C5H4O2.H3N/c6-5-3-1-2-4-7-5;/h1-4H;1H3. The van der Waals surface area contributed by atoms with Crippen LogP contribution >= 0.6 is 0 Å². The number of rotatable bonds is 0. The van der Waals surface area contributed by atoms with Crippen LogP contribution in [0.15, 0.2) is 33.7 Å². The van der Waals surface area contributed by atoms with Crippen molar-refractivity contribution >= 4 is 0 Å². The molecule has 1 aromatic rings. The first-order valence-corrected chi connectivity index (χ1v) is 1.93. The van der Waals surface area contributed by atoms with Gasteiger partial charge in [-0.2, -0.15) is 0 Å². The Labute approximate surface area is 46.5 Å². The lowest BCUT2D eigenvalue weighted by molar-refractivity contribution is 0.511. The summed E-state index contributed by atoms with van der Waals surface area (Å²) >= 11 is 0. The van der Waals surface area contributed by atoms with Crippen LogP contribution in [-0.4, -0.2) is 0 Å². The fourth-order valence-corrected chi connectivity index (χ4v) is 0.325. The topological polar surface area (TPSA) is 65.2 Å². The molecule has 1 rings (SSSR count). The highest BCUT2D eigenvalue weighted by Gasteiger charge is 1.72. The van der Waals surface area contributed by atoms with E-state index in [2.05, 4.69) is 4.42 Å². The molecule has 0 amide bonds. The summed E-state index contributed by atoms with van der Waals surface area (Å²) in [5.74, 6) is 0. The van der Waals surface area contributed by atoms with Crippen molar-refractivity contribution in [1.29, 1.82) is 0 Å². The number of hydrogen-bond acceptors (Lipinski definition) is 3. The molecule has 1 heterocycles. The van der Waals surface area contributed by atoms with Crippen LogP contribution in [0.4, 0.5) is 0 Å². The Morgan fingerprint density at radius 2 is 2.12 bits per heavy atom. The molecule has 0 bridgehead atoms. The molecule has 1 aromatic heterocycles. The molecule has 0 aromatic carbocycles. The van der Waals surface area contributed by atoms with Crippen LogP contribution in [0, 0.1) is 0 Å². The molecule has 0 spiro atoms. The van der Waals surface area contributed by atoms with Crippen molar-refractivity contribution in [3.05, 3.63) is 34.9 Å². The van der Waals surface area contributed by atoms with E-state index in [9.17, 15) is 4.79 Å². The molecule has 3 N–H and O–H groups in total. The lowest BCUT2D eigenvalue weighted by Crippen LogP contribution is -1.90. The van der Waals surface area contributed by atoms with Crippen molar-refractivity contribution in [3.8, 4) is 0 Å². The quantitative estimate of drug-likeness (QED) is 0.541.